The van der Waals surface area contributed by atoms with Gasteiger partial charge in [0.15, 0.2) is 0 Å². The fourth-order valence-corrected chi connectivity index (χ4v) is 3.80. The van der Waals surface area contributed by atoms with E-state index in [1.807, 2.05) is 0 Å². The Balaban J connectivity index is 2.08. The summed E-state index contributed by atoms with van der Waals surface area (Å²) < 4.78 is 58.2. The Morgan fingerprint density at radius 1 is 1.10 bits per heavy atom. The van der Waals surface area contributed by atoms with Crippen molar-refractivity contribution in [2.45, 2.75) is 19.6 Å². The molecule has 0 atom stereocenters. The second-order valence-corrected chi connectivity index (χ2v) is 7.55. The summed E-state index contributed by atoms with van der Waals surface area (Å²) in [5, 5.41) is 0. The number of hydrogen-bond acceptors (Lipinski definition) is 4. The third-order valence-electron chi connectivity index (χ3n) is 4.25. The van der Waals surface area contributed by atoms with Crippen LogP contribution in [-0.2, 0) is 22.3 Å². The Morgan fingerprint density at radius 2 is 1.74 bits per heavy atom. The van der Waals surface area contributed by atoms with Crippen molar-refractivity contribution in [3.63, 3.8) is 0 Å². The van der Waals surface area contributed by atoms with Gasteiger partial charge in [-0.3, -0.25) is 9.36 Å². The fourth-order valence-electron chi connectivity index (χ4n) is 2.77. The minimum atomic E-state index is -4.45. The molecule has 4 nitrogen and oxygen atoms in total. The summed E-state index contributed by atoms with van der Waals surface area (Å²) in [6.45, 7) is 1.89. The number of carbonyl (C=O) groups is 1. The van der Waals surface area contributed by atoms with Gasteiger partial charge in [0.25, 0.3) is 5.56 Å². The van der Waals surface area contributed by atoms with E-state index < -0.39 is 29.1 Å². The highest BCUT2D eigenvalue weighted by Gasteiger charge is 2.29. The maximum atomic E-state index is 13.2. The lowest BCUT2D eigenvalue weighted by atomic mass is 10.1. The highest BCUT2D eigenvalue weighted by atomic mass is 32.1. The van der Waals surface area contributed by atoms with Crippen molar-refractivity contribution < 1.29 is 27.1 Å². The minimum absolute atomic E-state index is 0.0850. The molecule has 1 heterocycles. The summed E-state index contributed by atoms with van der Waals surface area (Å²) in [5.41, 5.74) is -0.172. The van der Waals surface area contributed by atoms with Gasteiger partial charge in [0, 0.05) is 0 Å². The number of hydrogen-bond donors (Lipinski definition) is 0. The molecule has 0 aliphatic rings. The summed E-state index contributed by atoms with van der Waals surface area (Å²) in [6, 6.07) is 9.96. The fraction of sp³-hybridized carbons (Fsp3) is 0.182. The molecular formula is C22H17F4NO3S. The smallest absolute Gasteiger partial charge is 0.416 e. The van der Waals surface area contributed by atoms with E-state index in [9.17, 15) is 27.2 Å². The lowest BCUT2D eigenvalue weighted by Crippen LogP contribution is -2.32. The number of benzene rings is 2. The van der Waals surface area contributed by atoms with E-state index in [1.54, 1.807) is 6.92 Å². The Kier molecular flexibility index (Phi) is 6.74. The maximum Gasteiger partial charge on any atom is 0.416 e. The normalized spacial score (nSPS) is 12.9. The first-order valence-electron chi connectivity index (χ1n) is 9.19. The predicted molar refractivity (Wildman–Crippen MR) is 109 cm³/mol. The number of ether oxygens (including phenoxy) is 1. The van der Waals surface area contributed by atoms with Gasteiger partial charge in [-0.2, -0.15) is 13.2 Å². The number of aromatic nitrogens is 1. The average molecular weight is 451 g/mol. The van der Waals surface area contributed by atoms with Gasteiger partial charge < -0.3 is 4.74 Å². The van der Waals surface area contributed by atoms with Crippen LogP contribution >= 0.6 is 11.3 Å². The number of nitrogens with zero attached hydrogens (tertiary/aromatic N) is 1. The van der Waals surface area contributed by atoms with Crippen molar-refractivity contribution in [2.75, 3.05) is 6.61 Å². The van der Waals surface area contributed by atoms with Crippen LogP contribution in [0.25, 0.3) is 12.2 Å². The summed E-state index contributed by atoms with van der Waals surface area (Å²) in [6.07, 6.45) is -1.81. The zero-order valence-electron chi connectivity index (χ0n) is 16.3. The van der Waals surface area contributed by atoms with Crippen LogP contribution in [0.2, 0.25) is 0 Å². The number of rotatable bonds is 5. The Morgan fingerprint density at radius 3 is 2.32 bits per heavy atom. The van der Waals surface area contributed by atoms with Gasteiger partial charge in [0.1, 0.15) is 10.5 Å². The van der Waals surface area contributed by atoms with Crippen LogP contribution in [0.3, 0.4) is 0 Å². The summed E-state index contributed by atoms with van der Waals surface area (Å²) >= 11 is 1.01. The van der Waals surface area contributed by atoms with Crippen molar-refractivity contribution in [1.82, 2.24) is 4.57 Å². The van der Waals surface area contributed by atoms with Gasteiger partial charge >= 0.3 is 12.1 Å². The van der Waals surface area contributed by atoms with Crippen LogP contribution in [0.15, 0.2) is 53.3 Å². The van der Waals surface area contributed by atoms with Crippen LogP contribution in [0.1, 0.15) is 23.6 Å². The van der Waals surface area contributed by atoms with E-state index in [4.69, 9.17) is 4.74 Å². The Hall–Kier alpha value is -3.20. The van der Waals surface area contributed by atoms with Crippen LogP contribution in [0.4, 0.5) is 17.6 Å². The SMILES string of the molecule is CCOC(=O)/C=c1\s/c(=C\c2ccc(C(F)(F)F)cc2)c(=O)n1Cc1ccc(F)cc1. The Labute approximate surface area is 178 Å². The molecule has 0 aliphatic carbocycles. The molecular weight excluding hydrogens is 434 g/mol. The predicted octanol–water partition coefficient (Wildman–Crippen LogP) is 3.29. The lowest BCUT2D eigenvalue weighted by molar-refractivity contribution is -0.137. The van der Waals surface area contributed by atoms with E-state index in [0.717, 1.165) is 23.5 Å². The second kappa shape index (κ2) is 9.30. The van der Waals surface area contributed by atoms with E-state index >= 15 is 0 Å². The molecule has 31 heavy (non-hydrogen) atoms. The molecule has 0 aliphatic heterocycles. The first-order valence-corrected chi connectivity index (χ1v) is 10.0. The quantitative estimate of drug-likeness (QED) is 0.442. The molecule has 0 unspecified atom stereocenters. The summed E-state index contributed by atoms with van der Waals surface area (Å²) in [7, 11) is 0. The maximum absolute atomic E-state index is 13.2. The first-order chi connectivity index (χ1) is 14.7. The van der Waals surface area contributed by atoms with Crippen LogP contribution in [-0.4, -0.2) is 17.1 Å². The van der Waals surface area contributed by atoms with Crippen molar-refractivity contribution in [1.29, 1.82) is 0 Å². The molecule has 0 fully saturated rings. The molecule has 0 spiro atoms. The lowest BCUT2D eigenvalue weighted by Gasteiger charge is -2.05. The van der Waals surface area contributed by atoms with Gasteiger partial charge in [0.2, 0.25) is 0 Å². The summed E-state index contributed by atoms with van der Waals surface area (Å²) in [4.78, 5) is 24.9. The van der Waals surface area contributed by atoms with E-state index in [2.05, 4.69) is 0 Å². The van der Waals surface area contributed by atoms with Gasteiger partial charge in [-0.25, -0.2) is 9.18 Å². The first kappa shape index (κ1) is 22.5. The third-order valence-corrected chi connectivity index (χ3v) is 5.31. The van der Waals surface area contributed by atoms with Gasteiger partial charge in [-0.05, 0) is 48.4 Å². The van der Waals surface area contributed by atoms with E-state index in [1.165, 1.54) is 53.1 Å². The molecule has 0 saturated carbocycles. The zero-order chi connectivity index (χ0) is 22.6. The van der Waals surface area contributed by atoms with Crippen molar-refractivity contribution in [3.05, 3.63) is 90.6 Å². The molecule has 0 radical (unpaired) electrons. The largest absolute Gasteiger partial charge is 0.463 e. The van der Waals surface area contributed by atoms with E-state index in [0.29, 0.717) is 15.8 Å². The molecule has 9 heteroatoms. The average Bonchev–Trinajstić information content (AvgIpc) is 2.98. The molecule has 3 rings (SSSR count). The number of carbonyl (C=O) groups excluding carboxylic acids is 1. The molecule has 162 valence electrons. The summed E-state index contributed by atoms with van der Waals surface area (Å²) in [5.74, 6) is -1.05. The number of halogens is 4. The number of alkyl halides is 3. The van der Waals surface area contributed by atoms with Crippen LogP contribution < -0.4 is 14.8 Å². The minimum Gasteiger partial charge on any atom is -0.463 e. The molecule has 2 aromatic carbocycles. The van der Waals surface area contributed by atoms with Crippen LogP contribution in [0, 0.1) is 5.82 Å². The zero-order valence-corrected chi connectivity index (χ0v) is 17.1. The monoisotopic (exact) mass is 451 g/mol. The molecule has 0 bridgehead atoms. The Bertz CT molecular complexity index is 1240. The van der Waals surface area contributed by atoms with Crippen molar-refractivity contribution in [2.24, 2.45) is 0 Å². The van der Waals surface area contributed by atoms with E-state index in [-0.39, 0.29) is 17.7 Å². The number of thiazole rings is 1. The van der Waals surface area contributed by atoms with Crippen molar-refractivity contribution >= 4 is 29.5 Å². The second-order valence-electron chi connectivity index (χ2n) is 6.48. The highest BCUT2D eigenvalue weighted by Crippen LogP contribution is 2.29. The van der Waals surface area contributed by atoms with Gasteiger partial charge in [0.05, 0.1) is 29.3 Å². The van der Waals surface area contributed by atoms with Gasteiger partial charge in [-0.15, -0.1) is 11.3 Å². The molecule has 0 N–H and O–H groups in total. The van der Waals surface area contributed by atoms with Crippen molar-refractivity contribution in [3.8, 4) is 0 Å². The molecule has 1 aromatic heterocycles. The van der Waals surface area contributed by atoms with Crippen LogP contribution in [0.5, 0.6) is 0 Å². The number of esters is 1. The third kappa shape index (κ3) is 5.69. The molecule has 0 saturated heterocycles. The molecule has 0 amide bonds. The molecule has 3 aromatic rings. The standard InChI is InChI=1S/C22H17F4NO3S/c1-2-30-20(28)12-19-27(13-15-5-9-17(23)10-6-15)21(29)18(31-19)11-14-3-7-16(8-4-14)22(24,25)26/h3-12H,2,13H2,1H3/b18-11-,19-12-. The highest BCUT2D eigenvalue weighted by molar-refractivity contribution is 7.07. The van der Waals surface area contributed by atoms with Gasteiger partial charge in [-0.1, -0.05) is 24.3 Å². The topological polar surface area (TPSA) is 48.3 Å².